The summed E-state index contributed by atoms with van der Waals surface area (Å²) in [5.41, 5.74) is 10.5. The Labute approximate surface area is 120 Å². The summed E-state index contributed by atoms with van der Waals surface area (Å²) in [6.07, 6.45) is 7.64. The molecule has 2 N–H and O–H groups in total. The summed E-state index contributed by atoms with van der Waals surface area (Å²) in [6.45, 7) is 2.10. The molecule has 106 valence electrons. The Morgan fingerprint density at radius 1 is 1.15 bits per heavy atom. The van der Waals surface area contributed by atoms with Crippen molar-refractivity contribution in [2.75, 3.05) is 5.73 Å². The zero-order valence-corrected chi connectivity index (χ0v) is 12.1. The largest absolute Gasteiger partial charge is 0.367 e. The van der Waals surface area contributed by atoms with Crippen molar-refractivity contribution in [3.05, 3.63) is 35.5 Å². The van der Waals surface area contributed by atoms with Gasteiger partial charge >= 0.3 is 0 Å². The molecule has 3 nitrogen and oxygen atoms in total. The molecular formula is C17H22N2O. The lowest BCUT2D eigenvalue weighted by atomic mass is 9.91. The smallest absolute Gasteiger partial charge is 0.230 e. The minimum absolute atomic E-state index is 0.454. The molecule has 1 aliphatic carbocycles. The van der Waals surface area contributed by atoms with Gasteiger partial charge in [0.05, 0.1) is 11.3 Å². The van der Waals surface area contributed by atoms with Crippen LogP contribution in [0.15, 0.2) is 28.8 Å². The van der Waals surface area contributed by atoms with E-state index in [2.05, 4.69) is 36.3 Å². The maximum Gasteiger partial charge on any atom is 0.230 e. The van der Waals surface area contributed by atoms with Crippen LogP contribution in [0.2, 0.25) is 0 Å². The van der Waals surface area contributed by atoms with Crippen LogP contribution in [-0.2, 0) is 0 Å². The number of rotatable bonds is 2. The SMILES string of the molecule is Cc1cccc(-c2c(C3CCCCCC3)noc2N)c1. The van der Waals surface area contributed by atoms with E-state index in [9.17, 15) is 0 Å². The maximum absolute atomic E-state index is 6.04. The third-order valence-corrected chi connectivity index (χ3v) is 4.29. The molecular weight excluding hydrogens is 248 g/mol. The van der Waals surface area contributed by atoms with Crippen molar-refractivity contribution in [2.45, 2.75) is 51.4 Å². The van der Waals surface area contributed by atoms with Crippen molar-refractivity contribution >= 4 is 5.88 Å². The number of nitrogens with zero attached hydrogens (tertiary/aromatic N) is 1. The number of benzene rings is 1. The van der Waals surface area contributed by atoms with Gasteiger partial charge in [0.2, 0.25) is 5.88 Å². The molecule has 1 heterocycles. The van der Waals surface area contributed by atoms with Gasteiger partial charge in [-0.2, -0.15) is 0 Å². The Morgan fingerprint density at radius 3 is 2.60 bits per heavy atom. The maximum atomic E-state index is 6.04. The van der Waals surface area contributed by atoms with Gasteiger partial charge < -0.3 is 10.3 Å². The van der Waals surface area contributed by atoms with Crippen molar-refractivity contribution in [3.8, 4) is 11.1 Å². The lowest BCUT2D eigenvalue weighted by Crippen LogP contribution is -2.00. The lowest BCUT2D eigenvalue weighted by Gasteiger charge is -2.13. The molecule has 0 spiro atoms. The van der Waals surface area contributed by atoms with Gasteiger partial charge in [0.25, 0.3) is 0 Å². The third kappa shape index (κ3) is 2.58. The summed E-state index contributed by atoms with van der Waals surface area (Å²) in [5.74, 6) is 0.948. The van der Waals surface area contributed by atoms with Crippen LogP contribution in [0.25, 0.3) is 11.1 Å². The fraction of sp³-hybridized carbons (Fsp3) is 0.471. The summed E-state index contributed by atoms with van der Waals surface area (Å²) in [5, 5.41) is 4.29. The Morgan fingerprint density at radius 2 is 1.90 bits per heavy atom. The number of hydrogen-bond acceptors (Lipinski definition) is 3. The molecule has 20 heavy (non-hydrogen) atoms. The van der Waals surface area contributed by atoms with Crippen LogP contribution in [-0.4, -0.2) is 5.16 Å². The summed E-state index contributed by atoms with van der Waals surface area (Å²) >= 11 is 0. The first-order chi connectivity index (χ1) is 9.75. The van der Waals surface area contributed by atoms with Crippen LogP contribution in [0.1, 0.15) is 55.7 Å². The van der Waals surface area contributed by atoms with Gasteiger partial charge in [-0.25, -0.2) is 0 Å². The first-order valence-electron chi connectivity index (χ1n) is 7.58. The van der Waals surface area contributed by atoms with Crippen LogP contribution in [0, 0.1) is 6.92 Å². The fourth-order valence-electron chi connectivity index (χ4n) is 3.24. The van der Waals surface area contributed by atoms with Crippen LogP contribution >= 0.6 is 0 Å². The van der Waals surface area contributed by atoms with E-state index in [4.69, 9.17) is 10.3 Å². The average Bonchev–Trinajstić information content (AvgIpc) is 2.65. The number of anilines is 1. The fourth-order valence-corrected chi connectivity index (χ4v) is 3.24. The van der Waals surface area contributed by atoms with Crippen LogP contribution < -0.4 is 5.73 Å². The first-order valence-corrected chi connectivity index (χ1v) is 7.58. The van der Waals surface area contributed by atoms with Crippen molar-refractivity contribution in [3.63, 3.8) is 0 Å². The quantitative estimate of drug-likeness (QED) is 0.807. The molecule has 3 rings (SSSR count). The van der Waals surface area contributed by atoms with Gasteiger partial charge in [-0.1, -0.05) is 60.7 Å². The van der Waals surface area contributed by atoms with Crippen molar-refractivity contribution < 1.29 is 4.52 Å². The molecule has 0 amide bonds. The number of aromatic nitrogens is 1. The van der Waals surface area contributed by atoms with Crippen molar-refractivity contribution in [1.29, 1.82) is 0 Å². The predicted octanol–water partition coefficient (Wildman–Crippen LogP) is 4.67. The van der Waals surface area contributed by atoms with Crippen LogP contribution in [0.4, 0.5) is 5.88 Å². The molecule has 0 unspecified atom stereocenters. The zero-order valence-electron chi connectivity index (χ0n) is 12.1. The summed E-state index contributed by atoms with van der Waals surface area (Å²) < 4.78 is 5.31. The number of hydrogen-bond donors (Lipinski definition) is 1. The average molecular weight is 270 g/mol. The minimum Gasteiger partial charge on any atom is -0.367 e. The Hall–Kier alpha value is -1.77. The second-order valence-electron chi connectivity index (χ2n) is 5.87. The van der Waals surface area contributed by atoms with Gasteiger partial charge in [-0.3, -0.25) is 0 Å². The minimum atomic E-state index is 0.454. The van der Waals surface area contributed by atoms with Gasteiger partial charge in [0, 0.05) is 5.92 Å². The van der Waals surface area contributed by atoms with Crippen molar-refractivity contribution in [1.82, 2.24) is 5.16 Å². The normalized spacial score (nSPS) is 17.1. The lowest BCUT2D eigenvalue weighted by molar-refractivity contribution is 0.413. The molecule has 1 saturated carbocycles. The zero-order chi connectivity index (χ0) is 13.9. The molecule has 2 aromatic rings. The molecule has 0 radical (unpaired) electrons. The molecule has 3 heteroatoms. The highest BCUT2D eigenvalue weighted by Crippen LogP contribution is 2.39. The van der Waals surface area contributed by atoms with E-state index in [0.29, 0.717) is 11.8 Å². The summed E-state index contributed by atoms with van der Waals surface area (Å²) in [6, 6.07) is 8.41. The molecule has 0 bridgehead atoms. The molecule has 1 aromatic carbocycles. The molecule has 0 aliphatic heterocycles. The van der Waals surface area contributed by atoms with E-state index >= 15 is 0 Å². The predicted molar refractivity (Wildman–Crippen MR) is 81.5 cm³/mol. The first kappa shape index (κ1) is 13.2. The monoisotopic (exact) mass is 270 g/mol. The third-order valence-electron chi connectivity index (χ3n) is 4.29. The summed E-state index contributed by atoms with van der Waals surface area (Å²) in [4.78, 5) is 0. The Kier molecular flexibility index (Phi) is 3.77. The van der Waals surface area contributed by atoms with Crippen molar-refractivity contribution in [2.24, 2.45) is 0 Å². The molecule has 1 fully saturated rings. The van der Waals surface area contributed by atoms with Gasteiger partial charge in [-0.05, 0) is 25.3 Å². The topological polar surface area (TPSA) is 52.0 Å². The summed E-state index contributed by atoms with van der Waals surface area (Å²) in [7, 11) is 0. The van der Waals surface area contributed by atoms with E-state index in [1.54, 1.807) is 0 Å². The Bertz CT molecular complexity index is 580. The highest BCUT2D eigenvalue weighted by Gasteiger charge is 2.24. The highest BCUT2D eigenvalue weighted by atomic mass is 16.5. The van der Waals surface area contributed by atoms with Crippen LogP contribution in [0.3, 0.4) is 0 Å². The highest BCUT2D eigenvalue weighted by molar-refractivity contribution is 5.75. The molecule has 1 aliphatic rings. The van der Waals surface area contributed by atoms with Crippen LogP contribution in [0.5, 0.6) is 0 Å². The molecule has 1 aromatic heterocycles. The van der Waals surface area contributed by atoms with Gasteiger partial charge in [0.1, 0.15) is 0 Å². The number of nitrogens with two attached hydrogens (primary N) is 1. The van der Waals surface area contributed by atoms with E-state index in [1.165, 1.54) is 44.1 Å². The van der Waals surface area contributed by atoms with Gasteiger partial charge in [0.15, 0.2) is 0 Å². The van der Waals surface area contributed by atoms with E-state index in [-0.39, 0.29) is 0 Å². The molecule has 0 saturated heterocycles. The second kappa shape index (κ2) is 5.70. The standard InChI is InChI=1S/C17H22N2O/c1-12-7-6-10-14(11-12)15-16(19-20-17(15)18)13-8-4-2-3-5-9-13/h6-7,10-11,13H,2-5,8-9,18H2,1H3. The molecule has 0 atom stereocenters. The number of nitrogen functional groups attached to an aromatic ring is 1. The van der Waals surface area contributed by atoms with E-state index < -0.39 is 0 Å². The second-order valence-corrected chi connectivity index (χ2v) is 5.87. The Balaban J connectivity index is 2.00. The van der Waals surface area contributed by atoms with E-state index in [0.717, 1.165) is 16.8 Å². The van der Waals surface area contributed by atoms with Gasteiger partial charge in [-0.15, -0.1) is 0 Å². The number of aryl methyl sites for hydroxylation is 1. The van der Waals surface area contributed by atoms with E-state index in [1.807, 2.05) is 0 Å².